The summed E-state index contributed by atoms with van der Waals surface area (Å²) in [4.78, 5) is 37.9. The standard InChI is InChI=1S/C19H18N2O4/c1-11(2)13-5-7-14(8-6-13)21-18(23)16(17(22)20-19(21)24)10-15-9-4-12(3)25-15/h4-11H,1-3H3,(H,20,22,24)/b16-10+. The van der Waals surface area contributed by atoms with Crippen molar-refractivity contribution < 1.29 is 18.8 Å². The van der Waals surface area contributed by atoms with Crippen molar-refractivity contribution >= 4 is 29.6 Å². The Labute approximate surface area is 145 Å². The summed E-state index contributed by atoms with van der Waals surface area (Å²) in [5.74, 6) is -0.0495. The van der Waals surface area contributed by atoms with Crippen molar-refractivity contribution in [2.45, 2.75) is 26.7 Å². The summed E-state index contributed by atoms with van der Waals surface area (Å²) < 4.78 is 5.38. The number of barbiturate groups is 1. The van der Waals surface area contributed by atoms with E-state index in [1.54, 1.807) is 31.2 Å². The first-order chi connectivity index (χ1) is 11.9. The normalized spacial score (nSPS) is 16.7. The first-order valence-electron chi connectivity index (χ1n) is 7.94. The van der Waals surface area contributed by atoms with E-state index in [-0.39, 0.29) is 5.57 Å². The Hall–Kier alpha value is -3.15. The van der Waals surface area contributed by atoms with Crippen LogP contribution in [0.1, 0.15) is 36.8 Å². The van der Waals surface area contributed by atoms with Gasteiger partial charge in [-0.05, 0) is 48.7 Å². The van der Waals surface area contributed by atoms with E-state index >= 15 is 0 Å². The monoisotopic (exact) mass is 338 g/mol. The van der Waals surface area contributed by atoms with E-state index in [9.17, 15) is 14.4 Å². The van der Waals surface area contributed by atoms with Crippen molar-refractivity contribution in [1.82, 2.24) is 5.32 Å². The molecule has 128 valence electrons. The van der Waals surface area contributed by atoms with Gasteiger partial charge in [-0.15, -0.1) is 0 Å². The Morgan fingerprint density at radius 2 is 1.72 bits per heavy atom. The number of benzene rings is 1. The van der Waals surface area contributed by atoms with Gasteiger partial charge in [0.25, 0.3) is 11.8 Å². The van der Waals surface area contributed by atoms with Crippen molar-refractivity contribution in [2.24, 2.45) is 0 Å². The average Bonchev–Trinajstić information content (AvgIpc) is 2.97. The molecule has 1 aromatic carbocycles. The van der Waals surface area contributed by atoms with E-state index in [1.165, 1.54) is 6.08 Å². The van der Waals surface area contributed by atoms with Crippen LogP contribution in [0.5, 0.6) is 0 Å². The second kappa shape index (κ2) is 6.39. The Morgan fingerprint density at radius 1 is 1.04 bits per heavy atom. The van der Waals surface area contributed by atoms with Gasteiger partial charge in [0.2, 0.25) is 0 Å². The number of hydrogen-bond acceptors (Lipinski definition) is 4. The minimum Gasteiger partial charge on any atom is -0.462 e. The Balaban J connectivity index is 1.96. The molecule has 3 rings (SSSR count). The third-order valence-corrected chi connectivity index (χ3v) is 3.97. The lowest BCUT2D eigenvalue weighted by atomic mass is 10.0. The largest absolute Gasteiger partial charge is 0.462 e. The highest BCUT2D eigenvalue weighted by Crippen LogP contribution is 2.24. The molecule has 2 heterocycles. The van der Waals surface area contributed by atoms with Gasteiger partial charge in [0, 0.05) is 0 Å². The fraction of sp³-hybridized carbons (Fsp3) is 0.211. The molecule has 1 aromatic heterocycles. The number of carbonyl (C=O) groups excluding carboxylic acids is 3. The molecule has 2 aromatic rings. The first-order valence-corrected chi connectivity index (χ1v) is 7.94. The van der Waals surface area contributed by atoms with E-state index < -0.39 is 17.8 Å². The Bertz CT molecular complexity index is 875. The van der Waals surface area contributed by atoms with Gasteiger partial charge in [-0.2, -0.15) is 0 Å². The topological polar surface area (TPSA) is 79.6 Å². The number of furan rings is 1. The van der Waals surface area contributed by atoms with Crippen LogP contribution in [0, 0.1) is 6.92 Å². The van der Waals surface area contributed by atoms with Crippen molar-refractivity contribution in [3.63, 3.8) is 0 Å². The van der Waals surface area contributed by atoms with Crippen LogP contribution in [-0.2, 0) is 9.59 Å². The third kappa shape index (κ3) is 3.24. The number of carbonyl (C=O) groups is 3. The zero-order chi connectivity index (χ0) is 18.1. The summed E-state index contributed by atoms with van der Waals surface area (Å²) in [6.45, 7) is 5.87. The van der Waals surface area contributed by atoms with E-state index in [2.05, 4.69) is 19.2 Å². The summed E-state index contributed by atoms with van der Waals surface area (Å²) in [6, 6.07) is 9.72. The van der Waals surface area contributed by atoms with Gasteiger partial charge in [0.15, 0.2) is 0 Å². The van der Waals surface area contributed by atoms with Crippen LogP contribution >= 0.6 is 0 Å². The first kappa shape index (κ1) is 16.7. The van der Waals surface area contributed by atoms with Crippen LogP contribution in [0.3, 0.4) is 0 Å². The SMILES string of the molecule is Cc1ccc(/C=C2\C(=O)NC(=O)N(c3ccc(C(C)C)cc3)C2=O)o1. The molecule has 6 heteroatoms. The van der Waals surface area contributed by atoms with Gasteiger partial charge in [-0.3, -0.25) is 14.9 Å². The zero-order valence-corrected chi connectivity index (χ0v) is 14.2. The summed E-state index contributed by atoms with van der Waals surface area (Å²) in [7, 11) is 0. The van der Waals surface area contributed by atoms with Gasteiger partial charge in [-0.1, -0.05) is 26.0 Å². The summed E-state index contributed by atoms with van der Waals surface area (Å²) in [6.07, 6.45) is 1.34. The number of aryl methyl sites for hydroxylation is 1. The Kier molecular flexibility index (Phi) is 4.27. The molecule has 25 heavy (non-hydrogen) atoms. The highest BCUT2D eigenvalue weighted by molar-refractivity contribution is 6.39. The van der Waals surface area contributed by atoms with Gasteiger partial charge in [-0.25, -0.2) is 9.69 Å². The third-order valence-electron chi connectivity index (χ3n) is 3.97. The van der Waals surface area contributed by atoms with Crippen LogP contribution < -0.4 is 10.2 Å². The molecule has 0 bridgehead atoms. The highest BCUT2D eigenvalue weighted by Gasteiger charge is 2.37. The van der Waals surface area contributed by atoms with Crippen LogP contribution in [0.2, 0.25) is 0 Å². The summed E-state index contributed by atoms with van der Waals surface area (Å²) in [5, 5.41) is 2.19. The maximum absolute atomic E-state index is 12.7. The quantitative estimate of drug-likeness (QED) is 0.687. The van der Waals surface area contributed by atoms with Crippen molar-refractivity contribution in [1.29, 1.82) is 0 Å². The van der Waals surface area contributed by atoms with E-state index in [0.29, 0.717) is 23.1 Å². The molecule has 0 saturated carbocycles. The second-order valence-electron chi connectivity index (χ2n) is 6.15. The molecule has 0 atom stereocenters. The number of nitrogens with zero attached hydrogens (tertiary/aromatic N) is 1. The average molecular weight is 338 g/mol. The zero-order valence-electron chi connectivity index (χ0n) is 14.2. The number of rotatable bonds is 3. The second-order valence-corrected chi connectivity index (χ2v) is 6.15. The van der Waals surface area contributed by atoms with Gasteiger partial charge >= 0.3 is 6.03 Å². The van der Waals surface area contributed by atoms with Crippen LogP contribution in [0.4, 0.5) is 10.5 Å². The lowest BCUT2D eigenvalue weighted by Gasteiger charge is -2.26. The minimum atomic E-state index is -0.764. The van der Waals surface area contributed by atoms with Crippen molar-refractivity contribution in [3.8, 4) is 0 Å². The number of hydrogen-bond donors (Lipinski definition) is 1. The molecule has 1 aliphatic rings. The van der Waals surface area contributed by atoms with E-state index in [0.717, 1.165) is 10.5 Å². The molecule has 0 spiro atoms. The number of nitrogens with one attached hydrogen (secondary N) is 1. The summed E-state index contributed by atoms with van der Waals surface area (Å²) >= 11 is 0. The minimum absolute atomic E-state index is 0.151. The fourth-order valence-electron chi connectivity index (χ4n) is 2.57. The molecular formula is C19H18N2O4. The van der Waals surface area contributed by atoms with Crippen LogP contribution in [-0.4, -0.2) is 17.8 Å². The summed E-state index contributed by atoms with van der Waals surface area (Å²) in [5.41, 5.74) is 1.34. The fourth-order valence-corrected chi connectivity index (χ4v) is 2.57. The molecule has 4 amide bonds. The molecule has 0 aliphatic carbocycles. The van der Waals surface area contributed by atoms with E-state index in [4.69, 9.17) is 4.42 Å². The van der Waals surface area contributed by atoms with Gasteiger partial charge in [0.05, 0.1) is 5.69 Å². The molecule has 1 fully saturated rings. The number of amides is 4. The molecule has 1 aliphatic heterocycles. The number of urea groups is 1. The maximum Gasteiger partial charge on any atom is 0.335 e. The number of anilines is 1. The molecule has 1 N–H and O–H groups in total. The molecule has 0 radical (unpaired) electrons. The molecule has 1 saturated heterocycles. The molecule has 6 nitrogen and oxygen atoms in total. The highest BCUT2D eigenvalue weighted by atomic mass is 16.3. The number of imide groups is 2. The predicted molar refractivity (Wildman–Crippen MR) is 93.0 cm³/mol. The van der Waals surface area contributed by atoms with Crippen LogP contribution in [0.25, 0.3) is 6.08 Å². The predicted octanol–water partition coefficient (Wildman–Crippen LogP) is 3.38. The van der Waals surface area contributed by atoms with Crippen molar-refractivity contribution in [3.05, 3.63) is 59.1 Å². The van der Waals surface area contributed by atoms with Gasteiger partial charge in [0.1, 0.15) is 17.1 Å². The maximum atomic E-state index is 12.7. The smallest absolute Gasteiger partial charge is 0.335 e. The lowest BCUT2D eigenvalue weighted by Crippen LogP contribution is -2.54. The Morgan fingerprint density at radius 3 is 2.28 bits per heavy atom. The lowest BCUT2D eigenvalue weighted by molar-refractivity contribution is -0.122. The van der Waals surface area contributed by atoms with E-state index in [1.807, 2.05) is 12.1 Å². The van der Waals surface area contributed by atoms with Crippen LogP contribution in [0.15, 0.2) is 46.4 Å². The molecular weight excluding hydrogens is 320 g/mol. The van der Waals surface area contributed by atoms with Crippen molar-refractivity contribution in [2.75, 3.05) is 4.90 Å². The van der Waals surface area contributed by atoms with Gasteiger partial charge < -0.3 is 4.42 Å². The molecule has 0 unspecified atom stereocenters.